The van der Waals surface area contributed by atoms with Crippen molar-refractivity contribution >= 4 is 13.2 Å². The molecule has 0 N–H and O–H groups in total. The molecule has 0 saturated heterocycles. The Morgan fingerprint density at radius 2 is 1.72 bits per heavy atom. The summed E-state index contributed by atoms with van der Waals surface area (Å²) in [7, 11) is -1.81. The van der Waals surface area contributed by atoms with Gasteiger partial charge in [0.1, 0.15) is 0 Å². The van der Waals surface area contributed by atoms with E-state index >= 15 is 0 Å². The van der Waals surface area contributed by atoms with Gasteiger partial charge < -0.3 is 4.57 Å². The molecule has 0 bridgehead atoms. The normalized spacial score (nSPS) is 12.1. The van der Waals surface area contributed by atoms with E-state index in [4.69, 9.17) is 0 Å². The van der Waals surface area contributed by atoms with E-state index in [-0.39, 0.29) is 0 Å². The van der Waals surface area contributed by atoms with Crippen LogP contribution in [0.1, 0.15) is 38.7 Å². The second-order valence-electron chi connectivity index (χ2n) is 4.72. The summed E-state index contributed by atoms with van der Waals surface area (Å²) in [5.74, 6) is 0. The van der Waals surface area contributed by atoms with Gasteiger partial charge in [-0.25, -0.2) is 0 Å². The van der Waals surface area contributed by atoms with Crippen molar-refractivity contribution < 1.29 is 4.57 Å². The fourth-order valence-electron chi connectivity index (χ4n) is 1.99. The Hall–Kier alpha value is -0.810. The summed E-state index contributed by atoms with van der Waals surface area (Å²) in [5, 5.41) is 0. The van der Waals surface area contributed by atoms with Crippen LogP contribution in [0.5, 0.6) is 0 Å². The van der Waals surface area contributed by atoms with E-state index in [0.717, 1.165) is 37.7 Å². The second kappa shape index (κ2) is 8.32. The molecule has 0 spiro atoms. The lowest BCUT2D eigenvalue weighted by Crippen LogP contribution is -1.95. The van der Waals surface area contributed by atoms with Gasteiger partial charge in [-0.1, -0.05) is 56.3 Å². The molecule has 1 aromatic rings. The summed E-state index contributed by atoms with van der Waals surface area (Å²) < 4.78 is 12.2. The van der Waals surface area contributed by atoms with Gasteiger partial charge in [-0.15, -0.1) is 0 Å². The first-order valence-electron chi connectivity index (χ1n) is 6.99. The number of rotatable bonds is 8. The molecule has 1 aromatic carbocycles. The van der Waals surface area contributed by atoms with Crippen LogP contribution in [0.2, 0.25) is 0 Å². The van der Waals surface area contributed by atoms with Gasteiger partial charge in [0, 0.05) is 6.16 Å². The molecule has 0 saturated carbocycles. The predicted molar refractivity (Wildman–Crippen MR) is 82.9 cm³/mol. The third kappa shape index (κ3) is 5.69. The molecule has 18 heavy (non-hydrogen) atoms. The molecule has 0 aliphatic rings. The summed E-state index contributed by atoms with van der Waals surface area (Å²) in [4.78, 5) is 0. The highest BCUT2D eigenvalue weighted by Crippen LogP contribution is 2.45. The number of allylic oxidation sites excluding steroid dienone is 1. The van der Waals surface area contributed by atoms with Crippen molar-refractivity contribution in [2.24, 2.45) is 0 Å². The smallest absolute Gasteiger partial charge is 0.0872 e. The van der Waals surface area contributed by atoms with E-state index in [1.54, 1.807) is 0 Å². The Morgan fingerprint density at radius 3 is 2.33 bits per heavy atom. The molecule has 1 nitrogen and oxygen atoms in total. The zero-order valence-corrected chi connectivity index (χ0v) is 12.5. The average molecular weight is 264 g/mol. The maximum Gasteiger partial charge on any atom is 0.0872 e. The topological polar surface area (TPSA) is 17.1 Å². The monoisotopic (exact) mass is 264 g/mol. The lowest BCUT2D eigenvalue weighted by atomic mass is 10.2. The summed E-state index contributed by atoms with van der Waals surface area (Å²) in [6, 6.07) is 10.4. The first-order valence-corrected chi connectivity index (χ1v) is 9.25. The Labute approximate surface area is 112 Å². The summed E-state index contributed by atoms with van der Waals surface area (Å²) >= 11 is 0. The highest BCUT2D eigenvalue weighted by molar-refractivity contribution is 7.63. The van der Waals surface area contributed by atoms with E-state index in [2.05, 4.69) is 50.3 Å². The number of unbranched alkanes of at least 4 members (excludes halogenated alkanes) is 2. The van der Waals surface area contributed by atoms with E-state index < -0.39 is 7.14 Å². The highest BCUT2D eigenvalue weighted by Gasteiger charge is 2.15. The van der Waals surface area contributed by atoms with Gasteiger partial charge in [-0.3, -0.25) is 0 Å². The van der Waals surface area contributed by atoms with Crippen LogP contribution in [0.15, 0.2) is 36.4 Å². The fraction of sp³-hybridized carbons (Fsp3) is 0.500. The highest BCUT2D eigenvalue weighted by atomic mass is 31.2. The number of hydrogen-bond donors (Lipinski definition) is 0. The van der Waals surface area contributed by atoms with Crippen molar-refractivity contribution in [3.63, 3.8) is 0 Å². The van der Waals surface area contributed by atoms with Crippen LogP contribution in [-0.2, 0) is 4.57 Å². The minimum absolute atomic E-state index is 0.864. The average Bonchev–Trinajstić information content (AvgIpc) is 2.43. The third-order valence-electron chi connectivity index (χ3n) is 3.45. The number of benzene rings is 1. The number of hydrogen-bond acceptors (Lipinski definition) is 1. The fourth-order valence-corrected chi connectivity index (χ4v) is 3.87. The Kier molecular flexibility index (Phi) is 7.05. The van der Waals surface area contributed by atoms with Gasteiger partial charge in [0.2, 0.25) is 0 Å². The van der Waals surface area contributed by atoms with Gasteiger partial charge >= 0.3 is 0 Å². The van der Waals surface area contributed by atoms with Crippen molar-refractivity contribution in [2.75, 3.05) is 18.5 Å². The molecule has 0 radical (unpaired) electrons. The first kappa shape index (κ1) is 15.2. The SMILES string of the molecule is CCP(=O)(CC)CCCCC=Cc1ccccc1. The van der Waals surface area contributed by atoms with Crippen molar-refractivity contribution in [1.29, 1.82) is 0 Å². The molecule has 1 rings (SSSR count). The third-order valence-corrected chi connectivity index (χ3v) is 6.89. The summed E-state index contributed by atoms with van der Waals surface area (Å²) in [6.07, 6.45) is 10.4. The van der Waals surface area contributed by atoms with Crippen molar-refractivity contribution in [3.8, 4) is 0 Å². The lowest BCUT2D eigenvalue weighted by molar-refractivity contribution is 0.573. The Balaban J connectivity index is 2.20. The molecule has 0 aliphatic carbocycles. The standard InChI is InChI=1S/C16H25OP/c1-3-18(17,4-2)15-11-6-5-8-12-16-13-9-7-10-14-16/h7-10,12-14H,3-6,11,15H2,1-2H3. The van der Waals surface area contributed by atoms with Crippen LogP contribution in [0.4, 0.5) is 0 Å². The predicted octanol–water partition coefficient (Wildman–Crippen LogP) is 5.27. The second-order valence-corrected chi connectivity index (χ2v) is 8.55. The molecular weight excluding hydrogens is 239 g/mol. The van der Waals surface area contributed by atoms with Crippen molar-refractivity contribution in [2.45, 2.75) is 33.1 Å². The van der Waals surface area contributed by atoms with Gasteiger partial charge in [0.25, 0.3) is 0 Å². The lowest BCUT2D eigenvalue weighted by Gasteiger charge is -2.12. The Morgan fingerprint density at radius 1 is 1.06 bits per heavy atom. The van der Waals surface area contributed by atoms with Gasteiger partial charge in [0.05, 0.1) is 7.14 Å². The van der Waals surface area contributed by atoms with Crippen LogP contribution in [0.3, 0.4) is 0 Å². The molecule has 0 heterocycles. The summed E-state index contributed by atoms with van der Waals surface area (Å²) in [5.41, 5.74) is 1.25. The summed E-state index contributed by atoms with van der Waals surface area (Å²) in [6.45, 7) is 4.11. The molecule has 0 fully saturated rings. The minimum Gasteiger partial charge on any atom is -0.324 e. The quantitative estimate of drug-likeness (QED) is 0.461. The van der Waals surface area contributed by atoms with Crippen molar-refractivity contribution in [3.05, 3.63) is 42.0 Å². The van der Waals surface area contributed by atoms with Crippen LogP contribution < -0.4 is 0 Å². The van der Waals surface area contributed by atoms with Crippen molar-refractivity contribution in [1.82, 2.24) is 0 Å². The molecule has 0 atom stereocenters. The van der Waals surface area contributed by atoms with Gasteiger partial charge in [0.15, 0.2) is 0 Å². The molecular formula is C16H25OP. The molecule has 100 valence electrons. The maximum atomic E-state index is 12.2. The molecule has 0 aliphatic heterocycles. The van der Waals surface area contributed by atoms with Crippen LogP contribution in [0, 0.1) is 0 Å². The maximum absolute atomic E-state index is 12.2. The van der Waals surface area contributed by atoms with Gasteiger partial charge in [-0.2, -0.15) is 0 Å². The van der Waals surface area contributed by atoms with E-state index in [9.17, 15) is 4.57 Å². The van der Waals surface area contributed by atoms with Crippen LogP contribution in [0.25, 0.3) is 6.08 Å². The van der Waals surface area contributed by atoms with E-state index in [0.29, 0.717) is 0 Å². The Bertz CT molecular complexity index is 387. The molecule has 0 aromatic heterocycles. The minimum atomic E-state index is -1.81. The van der Waals surface area contributed by atoms with E-state index in [1.807, 2.05) is 6.07 Å². The molecule has 2 heteroatoms. The zero-order chi connectivity index (χ0) is 13.3. The van der Waals surface area contributed by atoms with Gasteiger partial charge in [-0.05, 0) is 37.1 Å². The largest absolute Gasteiger partial charge is 0.324 e. The zero-order valence-electron chi connectivity index (χ0n) is 11.6. The van der Waals surface area contributed by atoms with Crippen LogP contribution in [-0.4, -0.2) is 18.5 Å². The van der Waals surface area contributed by atoms with Crippen LogP contribution >= 0.6 is 7.14 Å². The molecule has 0 unspecified atom stereocenters. The van der Waals surface area contributed by atoms with E-state index in [1.165, 1.54) is 5.56 Å². The first-order chi connectivity index (χ1) is 8.70. The molecule has 0 amide bonds.